The first kappa shape index (κ1) is 18.9. The van der Waals surface area contributed by atoms with Crippen molar-refractivity contribution in [2.24, 2.45) is 0 Å². The lowest BCUT2D eigenvalue weighted by molar-refractivity contribution is 0.0252. The molecule has 0 saturated carbocycles. The summed E-state index contributed by atoms with van der Waals surface area (Å²) >= 11 is 0. The molecule has 1 amide bonds. The number of cyclic esters (lactones) is 1. The minimum absolute atomic E-state index is 0.189. The van der Waals surface area contributed by atoms with Crippen LogP contribution in [0.3, 0.4) is 0 Å². The number of rotatable bonds is 3. The van der Waals surface area contributed by atoms with Crippen LogP contribution in [0.1, 0.15) is 54.6 Å². The Balaban J connectivity index is 1.59. The van der Waals surface area contributed by atoms with Gasteiger partial charge in [0.15, 0.2) is 0 Å². The summed E-state index contributed by atoms with van der Waals surface area (Å²) in [4.78, 5) is 25.2. The van der Waals surface area contributed by atoms with Crippen LogP contribution in [0.2, 0.25) is 0 Å². The molecule has 146 valence electrons. The third-order valence-corrected chi connectivity index (χ3v) is 5.32. The summed E-state index contributed by atoms with van der Waals surface area (Å²) in [5, 5.41) is 2.97. The lowest BCUT2D eigenvalue weighted by Gasteiger charge is -2.25. The van der Waals surface area contributed by atoms with Gasteiger partial charge in [-0.15, -0.1) is 0 Å². The van der Waals surface area contributed by atoms with Crippen LogP contribution >= 0.6 is 0 Å². The summed E-state index contributed by atoms with van der Waals surface area (Å²) < 4.78 is 5.62. The van der Waals surface area contributed by atoms with Crippen molar-refractivity contribution >= 4 is 17.6 Å². The topological polar surface area (TPSA) is 55.4 Å². The molecule has 0 fully saturated rings. The molecule has 0 aliphatic carbocycles. The van der Waals surface area contributed by atoms with E-state index >= 15 is 0 Å². The van der Waals surface area contributed by atoms with Gasteiger partial charge < -0.3 is 10.1 Å². The number of carbonyl (C=O) groups excluding carboxylic acids is 2. The Morgan fingerprint density at radius 1 is 0.931 bits per heavy atom. The van der Waals surface area contributed by atoms with Gasteiger partial charge >= 0.3 is 5.97 Å². The molecule has 0 aromatic heterocycles. The van der Waals surface area contributed by atoms with Crippen molar-refractivity contribution in [1.29, 1.82) is 0 Å². The highest BCUT2D eigenvalue weighted by molar-refractivity contribution is 6.05. The monoisotopic (exact) mass is 385 g/mol. The Morgan fingerprint density at radius 2 is 1.66 bits per heavy atom. The van der Waals surface area contributed by atoms with Gasteiger partial charge in [-0.25, -0.2) is 4.79 Å². The molecule has 1 atom stereocenters. The largest absolute Gasteiger partial charge is 0.454 e. The van der Waals surface area contributed by atoms with Crippen LogP contribution in [-0.4, -0.2) is 11.9 Å². The van der Waals surface area contributed by atoms with Gasteiger partial charge in [0, 0.05) is 17.7 Å². The second-order valence-electron chi connectivity index (χ2n) is 7.65. The van der Waals surface area contributed by atoms with Crippen molar-refractivity contribution in [2.45, 2.75) is 33.3 Å². The Hall–Kier alpha value is -3.40. The van der Waals surface area contributed by atoms with Gasteiger partial charge in [0.25, 0.3) is 5.91 Å². The van der Waals surface area contributed by atoms with Gasteiger partial charge in [-0.05, 0) is 61.7 Å². The minimum atomic E-state index is -0.349. The number of carbonyl (C=O) groups is 2. The molecule has 0 spiro atoms. The van der Waals surface area contributed by atoms with Gasteiger partial charge in [-0.1, -0.05) is 47.5 Å². The van der Waals surface area contributed by atoms with Crippen LogP contribution < -0.4 is 5.32 Å². The lowest BCUT2D eigenvalue weighted by atomic mass is 9.92. The number of amides is 1. The van der Waals surface area contributed by atoms with E-state index in [2.05, 4.69) is 5.32 Å². The summed E-state index contributed by atoms with van der Waals surface area (Å²) in [6, 6.07) is 19.0. The molecule has 1 N–H and O–H groups in total. The molecule has 1 aliphatic rings. The lowest BCUT2D eigenvalue weighted by Crippen LogP contribution is -2.23. The predicted molar refractivity (Wildman–Crippen MR) is 113 cm³/mol. The van der Waals surface area contributed by atoms with E-state index in [1.54, 1.807) is 18.2 Å². The molecule has 0 bridgehead atoms. The summed E-state index contributed by atoms with van der Waals surface area (Å²) in [5.74, 6) is -0.538. The summed E-state index contributed by atoms with van der Waals surface area (Å²) in [5.41, 5.74) is 6.95. The number of nitrogens with one attached hydrogen (secondary N) is 1. The fourth-order valence-electron chi connectivity index (χ4n) is 3.65. The van der Waals surface area contributed by atoms with E-state index in [-0.39, 0.29) is 18.0 Å². The van der Waals surface area contributed by atoms with Crippen LogP contribution in [0, 0.1) is 20.8 Å². The second kappa shape index (κ2) is 7.55. The van der Waals surface area contributed by atoms with Gasteiger partial charge in [0.2, 0.25) is 0 Å². The first-order valence-electron chi connectivity index (χ1n) is 9.70. The van der Waals surface area contributed by atoms with E-state index in [1.807, 2.05) is 63.2 Å². The van der Waals surface area contributed by atoms with Gasteiger partial charge in [0.05, 0.1) is 5.56 Å². The number of ether oxygens (including phenoxy) is 1. The zero-order chi connectivity index (χ0) is 20.5. The SMILES string of the molecule is Cc1ccc(C2Cc3cc(C(=O)Nc4ccc(C)cc4C)ccc3C(=O)O2)cc1. The van der Waals surface area contributed by atoms with Crippen molar-refractivity contribution in [1.82, 2.24) is 0 Å². The molecule has 4 heteroatoms. The summed E-state index contributed by atoms with van der Waals surface area (Å²) in [6.07, 6.45) is 0.211. The normalized spacial score (nSPS) is 15.4. The van der Waals surface area contributed by atoms with Crippen LogP contribution in [0.15, 0.2) is 60.7 Å². The molecule has 4 rings (SSSR count). The molecule has 1 aliphatic heterocycles. The molecule has 0 saturated heterocycles. The molecular formula is C25H23NO3. The Bertz CT molecular complexity index is 1100. The van der Waals surface area contributed by atoms with Crippen molar-refractivity contribution in [2.75, 3.05) is 5.32 Å². The molecule has 3 aromatic rings. The van der Waals surface area contributed by atoms with Gasteiger partial charge in [0.1, 0.15) is 6.10 Å². The standard InChI is InChI=1S/C25H23NO3/c1-15-4-7-18(8-5-15)23-14-20-13-19(9-10-21(20)25(28)29-23)24(27)26-22-11-6-16(2)12-17(22)3/h4-13,23H,14H2,1-3H3,(H,26,27). The van der Waals surface area contributed by atoms with E-state index in [0.717, 1.165) is 33.5 Å². The Kier molecular flexibility index (Phi) is 4.93. The zero-order valence-corrected chi connectivity index (χ0v) is 16.8. The molecule has 4 nitrogen and oxygen atoms in total. The third kappa shape index (κ3) is 3.92. The minimum Gasteiger partial charge on any atom is -0.454 e. The van der Waals surface area contributed by atoms with Crippen molar-refractivity contribution < 1.29 is 14.3 Å². The van der Waals surface area contributed by atoms with Crippen LogP contribution in [0.5, 0.6) is 0 Å². The first-order chi connectivity index (χ1) is 13.9. The van der Waals surface area contributed by atoms with Crippen LogP contribution in [-0.2, 0) is 11.2 Å². The van der Waals surface area contributed by atoms with Gasteiger partial charge in [-0.2, -0.15) is 0 Å². The number of benzene rings is 3. The molecule has 3 aromatic carbocycles. The second-order valence-corrected chi connectivity index (χ2v) is 7.65. The van der Waals surface area contributed by atoms with Crippen molar-refractivity contribution in [3.8, 4) is 0 Å². The highest BCUT2D eigenvalue weighted by Crippen LogP contribution is 2.31. The number of hydrogen-bond acceptors (Lipinski definition) is 3. The fourth-order valence-corrected chi connectivity index (χ4v) is 3.65. The quantitative estimate of drug-likeness (QED) is 0.621. The number of esters is 1. The molecule has 1 heterocycles. The molecular weight excluding hydrogens is 362 g/mol. The van der Waals surface area contributed by atoms with E-state index < -0.39 is 0 Å². The van der Waals surface area contributed by atoms with E-state index in [1.165, 1.54) is 0 Å². The summed E-state index contributed by atoms with van der Waals surface area (Å²) in [7, 11) is 0. The molecule has 29 heavy (non-hydrogen) atoms. The predicted octanol–water partition coefficient (Wildman–Crippen LogP) is 5.32. The number of aryl methyl sites for hydroxylation is 3. The molecule has 1 unspecified atom stereocenters. The Labute approximate surface area is 170 Å². The average molecular weight is 385 g/mol. The number of fused-ring (bicyclic) bond motifs is 1. The average Bonchev–Trinajstić information content (AvgIpc) is 2.70. The van der Waals surface area contributed by atoms with E-state index in [0.29, 0.717) is 17.5 Å². The third-order valence-electron chi connectivity index (χ3n) is 5.32. The maximum absolute atomic E-state index is 12.8. The van der Waals surface area contributed by atoms with Gasteiger partial charge in [-0.3, -0.25) is 4.79 Å². The van der Waals surface area contributed by atoms with Crippen molar-refractivity contribution in [3.05, 3.63) is 99.6 Å². The highest BCUT2D eigenvalue weighted by Gasteiger charge is 2.28. The zero-order valence-electron chi connectivity index (χ0n) is 16.8. The van der Waals surface area contributed by atoms with E-state index in [4.69, 9.17) is 4.74 Å². The van der Waals surface area contributed by atoms with Crippen LogP contribution in [0.25, 0.3) is 0 Å². The van der Waals surface area contributed by atoms with E-state index in [9.17, 15) is 9.59 Å². The Morgan fingerprint density at radius 3 is 2.38 bits per heavy atom. The number of hydrogen-bond donors (Lipinski definition) is 1. The van der Waals surface area contributed by atoms with Crippen LogP contribution in [0.4, 0.5) is 5.69 Å². The maximum Gasteiger partial charge on any atom is 0.339 e. The number of anilines is 1. The molecule has 0 radical (unpaired) electrons. The summed E-state index contributed by atoms with van der Waals surface area (Å²) in [6.45, 7) is 6.01. The highest BCUT2D eigenvalue weighted by atomic mass is 16.5. The fraction of sp³-hybridized carbons (Fsp3) is 0.200. The van der Waals surface area contributed by atoms with Crippen molar-refractivity contribution in [3.63, 3.8) is 0 Å². The smallest absolute Gasteiger partial charge is 0.339 e. The first-order valence-corrected chi connectivity index (χ1v) is 9.70. The maximum atomic E-state index is 12.8.